The van der Waals surface area contributed by atoms with Gasteiger partial charge in [0.05, 0.1) is 18.9 Å². The first kappa shape index (κ1) is 17.2. The molecule has 1 fully saturated rings. The smallest absolute Gasteiger partial charge is 0.185 e. The summed E-state index contributed by atoms with van der Waals surface area (Å²) in [4.78, 5) is 18.6. The fourth-order valence-corrected chi connectivity index (χ4v) is 3.01. The van der Waals surface area contributed by atoms with Crippen molar-refractivity contribution in [3.8, 4) is 5.69 Å². The SMILES string of the molecule is O=C(/C=C/c1ccc(-n2cncn2)cc1)c1ccc(N2CCOCC2)cc1. The molecule has 136 valence electrons. The van der Waals surface area contributed by atoms with Crippen LogP contribution in [0.15, 0.2) is 67.3 Å². The predicted molar refractivity (Wildman–Crippen MR) is 104 cm³/mol. The minimum absolute atomic E-state index is 0.0103. The minimum Gasteiger partial charge on any atom is -0.378 e. The molecule has 0 amide bonds. The van der Waals surface area contributed by atoms with Gasteiger partial charge in [-0.15, -0.1) is 0 Å². The van der Waals surface area contributed by atoms with Gasteiger partial charge in [0.1, 0.15) is 12.7 Å². The van der Waals surface area contributed by atoms with E-state index in [0.717, 1.165) is 43.2 Å². The highest BCUT2D eigenvalue weighted by molar-refractivity contribution is 6.07. The van der Waals surface area contributed by atoms with Gasteiger partial charge in [0.25, 0.3) is 0 Å². The molecule has 3 aromatic rings. The minimum atomic E-state index is -0.0103. The number of hydrogen-bond donors (Lipinski definition) is 0. The van der Waals surface area contributed by atoms with E-state index in [4.69, 9.17) is 4.74 Å². The topological polar surface area (TPSA) is 60.2 Å². The Morgan fingerprint density at radius 1 is 0.963 bits per heavy atom. The van der Waals surface area contributed by atoms with Gasteiger partial charge in [0.2, 0.25) is 0 Å². The first-order valence-electron chi connectivity index (χ1n) is 8.90. The maximum Gasteiger partial charge on any atom is 0.185 e. The van der Waals surface area contributed by atoms with E-state index in [1.165, 1.54) is 6.33 Å². The maximum atomic E-state index is 12.4. The number of ether oxygens (including phenoxy) is 1. The van der Waals surface area contributed by atoms with Crippen LogP contribution in [0.2, 0.25) is 0 Å². The summed E-state index contributed by atoms with van der Waals surface area (Å²) >= 11 is 0. The second-order valence-corrected chi connectivity index (χ2v) is 6.28. The highest BCUT2D eigenvalue weighted by Crippen LogP contribution is 2.17. The Bertz CT molecular complexity index is 910. The predicted octanol–water partition coefficient (Wildman–Crippen LogP) is 3.00. The molecule has 1 saturated heterocycles. The standard InChI is InChI=1S/C21H20N4O2/c26-21(18-4-8-19(9-5-18)24-11-13-27-14-12-24)10-3-17-1-6-20(7-2-17)25-16-22-15-23-25/h1-10,15-16H,11-14H2/b10-3+. The number of allylic oxidation sites excluding steroid dienone is 1. The van der Waals surface area contributed by atoms with Crippen LogP contribution in [0.3, 0.4) is 0 Å². The lowest BCUT2D eigenvalue weighted by Gasteiger charge is -2.28. The van der Waals surface area contributed by atoms with E-state index in [1.807, 2.05) is 54.6 Å². The quantitative estimate of drug-likeness (QED) is 0.517. The third-order valence-electron chi connectivity index (χ3n) is 4.53. The van der Waals surface area contributed by atoms with Crippen LogP contribution in [0.5, 0.6) is 0 Å². The fraction of sp³-hybridized carbons (Fsp3) is 0.190. The third-order valence-corrected chi connectivity index (χ3v) is 4.53. The molecule has 27 heavy (non-hydrogen) atoms. The highest BCUT2D eigenvalue weighted by atomic mass is 16.5. The Labute approximate surface area is 157 Å². The normalized spacial score (nSPS) is 14.6. The molecule has 0 aliphatic carbocycles. The van der Waals surface area contributed by atoms with Crippen LogP contribution < -0.4 is 4.90 Å². The number of hydrogen-bond acceptors (Lipinski definition) is 5. The molecule has 6 heteroatoms. The number of carbonyl (C=O) groups excluding carboxylic acids is 1. The lowest BCUT2D eigenvalue weighted by Crippen LogP contribution is -2.36. The number of ketones is 1. The van der Waals surface area contributed by atoms with E-state index < -0.39 is 0 Å². The summed E-state index contributed by atoms with van der Waals surface area (Å²) in [5.74, 6) is -0.0103. The molecular weight excluding hydrogens is 340 g/mol. The van der Waals surface area contributed by atoms with E-state index >= 15 is 0 Å². The van der Waals surface area contributed by atoms with Crippen molar-refractivity contribution >= 4 is 17.5 Å². The van der Waals surface area contributed by atoms with Gasteiger partial charge in [0.15, 0.2) is 5.78 Å². The van der Waals surface area contributed by atoms with E-state index in [1.54, 1.807) is 17.1 Å². The summed E-state index contributed by atoms with van der Waals surface area (Å²) < 4.78 is 7.06. The Hall–Kier alpha value is -3.25. The number of nitrogens with zero attached hydrogens (tertiary/aromatic N) is 4. The Balaban J connectivity index is 1.40. The van der Waals surface area contributed by atoms with Gasteiger partial charge < -0.3 is 9.64 Å². The van der Waals surface area contributed by atoms with Crippen molar-refractivity contribution in [2.75, 3.05) is 31.2 Å². The summed E-state index contributed by atoms with van der Waals surface area (Å²) in [6, 6.07) is 15.5. The number of benzene rings is 2. The molecule has 0 unspecified atom stereocenters. The first-order valence-corrected chi connectivity index (χ1v) is 8.90. The lowest BCUT2D eigenvalue weighted by atomic mass is 10.1. The summed E-state index contributed by atoms with van der Waals surface area (Å²) in [6.45, 7) is 3.27. The van der Waals surface area contributed by atoms with E-state index in [2.05, 4.69) is 15.0 Å². The second-order valence-electron chi connectivity index (χ2n) is 6.28. The molecule has 0 atom stereocenters. The monoisotopic (exact) mass is 360 g/mol. The largest absolute Gasteiger partial charge is 0.378 e. The van der Waals surface area contributed by atoms with Crippen molar-refractivity contribution in [3.63, 3.8) is 0 Å². The van der Waals surface area contributed by atoms with Crippen LogP contribution in [-0.2, 0) is 4.74 Å². The van der Waals surface area contributed by atoms with Crippen LogP contribution in [0.4, 0.5) is 5.69 Å². The molecule has 0 bridgehead atoms. The fourth-order valence-electron chi connectivity index (χ4n) is 3.01. The Morgan fingerprint density at radius 3 is 2.33 bits per heavy atom. The number of morpholine rings is 1. The Kier molecular flexibility index (Phi) is 5.07. The number of aromatic nitrogens is 3. The van der Waals surface area contributed by atoms with Gasteiger partial charge in [-0.3, -0.25) is 4.79 Å². The summed E-state index contributed by atoms with van der Waals surface area (Å²) in [6.07, 6.45) is 6.57. The number of carbonyl (C=O) groups is 1. The van der Waals surface area contributed by atoms with Crippen LogP contribution in [-0.4, -0.2) is 46.9 Å². The third kappa shape index (κ3) is 4.12. The highest BCUT2D eigenvalue weighted by Gasteiger charge is 2.11. The van der Waals surface area contributed by atoms with Crippen LogP contribution >= 0.6 is 0 Å². The van der Waals surface area contributed by atoms with Gasteiger partial charge in [-0.2, -0.15) is 5.10 Å². The Morgan fingerprint density at radius 2 is 1.67 bits per heavy atom. The maximum absolute atomic E-state index is 12.4. The summed E-state index contributed by atoms with van der Waals surface area (Å²) in [5.41, 5.74) is 3.69. The molecule has 0 saturated carbocycles. The molecule has 1 aliphatic rings. The molecule has 1 aromatic heterocycles. The van der Waals surface area contributed by atoms with Gasteiger partial charge in [-0.1, -0.05) is 18.2 Å². The zero-order valence-electron chi connectivity index (χ0n) is 14.9. The van der Waals surface area contributed by atoms with Crippen LogP contribution in [0.1, 0.15) is 15.9 Å². The van der Waals surface area contributed by atoms with Crippen LogP contribution in [0.25, 0.3) is 11.8 Å². The van der Waals surface area contributed by atoms with Gasteiger partial charge in [-0.05, 0) is 48.0 Å². The molecular formula is C21H20N4O2. The molecule has 0 radical (unpaired) electrons. The van der Waals surface area contributed by atoms with Crippen molar-refractivity contribution in [3.05, 3.63) is 78.4 Å². The number of anilines is 1. The molecule has 1 aliphatic heterocycles. The lowest BCUT2D eigenvalue weighted by molar-refractivity contribution is 0.104. The molecule has 0 spiro atoms. The average molecular weight is 360 g/mol. The molecule has 0 N–H and O–H groups in total. The second kappa shape index (κ2) is 7.97. The number of rotatable bonds is 5. The van der Waals surface area contributed by atoms with Gasteiger partial charge >= 0.3 is 0 Å². The average Bonchev–Trinajstić information content (AvgIpc) is 3.28. The van der Waals surface area contributed by atoms with Crippen molar-refractivity contribution in [2.24, 2.45) is 0 Å². The zero-order valence-corrected chi connectivity index (χ0v) is 14.9. The zero-order chi connectivity index (χ0) is 18.5. The van der Waals surface area contributed by atoms with Crippen molar-refractivity contribution in [2.45, 2.75) is 0 Å². The van der Waals surface area contributed by atoms with E-state index in [0.29, 0.717) is 5.56 Å². The van der Waals surface area contributed by atoms with Crippen LogP contribution in [0, 0.1) is 0 Å². The van der Waals surface area contributed by atoms with E-state index in [9.17, 15) is 4.79 Å². The molecule has 6 nitrogen and oxygen atoms in total. The van der Waals surface area contributed by atoms with Crippen molar-refractivity contribution < 1.29 is 9.53 Å². The molecule has 4 rings (SSSR count). The summed E-state index contributed by atoms with van der Waals surface area (Å²) in [7, 11) is 0. The van der Waals surface area contributed by atoms with Gasteiger partial charge in [-0.25, -0.2) is 9.67 Å². The summed E-state index contributed by atoms with van der Waals surface area (Å²) in [5, 5.41) is 4.09. The van der Waals surface area contributed by atoms with Gasteiger partial charge in [0, 0.05) is 24.3 Å². The van der Waals surface area contributed by atoms with Crippen molar-refractivity contribution in [1.29, 1.82) is 0 Å². The first-order chi connectivity index (χ1) is 13.3. The molecule has 2 heterocycles. The van der Waals surface area contributed by atoms with E-state index in [-0.39, 0.29) is 5.78 Å². The molecule has 2 aromatic carbocycles. The van der Waals surface area contributed by atoms with Crippen molar-refractivity contribution in [1.82, 2.24) is 14.8 Å².